The van der Waals surface area contributed by atoms with Crippen molar-refractivity contribution in [2.45, 2.75) is 22.4 Å². The second kappa shape index (κ2) is 8.15. The van der Waals surface area contributed by atoms with Crippen molar-refractivity contribution in [2.75, 3.05) is 12.0 Å². The number of rotatable bonds is 5. The normalized spacial score (nSPS) is 12.7. The molecule has 13 heteroatoms. The Morgan fingerprint density at radius 2 is 1.41 bits per heavy atom. The fourth-order valence-corrected chi connectivity index (χ4v) is 4.05. The van der Waals surface area contributed by atoms with Gasteiger partial charge >= 0.3 is 6.18 Å². The van der Waals surface area contributed by atoms with Crippen molar-refractivity contribution in [3.05, 3.63) is 65.5 Å². The molecule has 1 heterocycles. The van der Waals surface area contributed by atoms with E-state index in [4.69, 9.17) is 10.9 Å². The fraction of sp³-hybridized carbons (Fsp3) is 0.158. The van der Waals surface area contributed by atoms with Gasteiger partial charge in [0.15, 0.2) is 9.84 Å². The number of aromatic nitrogens is 2. The summed E-state index contributed by atoms with van der Waals surface area (Å²) in [5.41, 5.74) is 6.59. The first-order chi connectivity index (χ1) is 14.7. The predicted octanol–water partition coefficient (Wildman–Crippen LogP) is 2.39. The van der Waals surface area contributed by atoms with Crippen LogP contribution in [0.5, 0.6) is 0 Å². The summed E-state index contributed by atoms with van der Waals surface area (Å²) in [6.45, 7) is 0. The van der Waals surface area contributed by atoms with Crippen LogP contribution in [0.25, 0.3) is 11.3 Å². The summed E-state index contributed by atoms with van der Waals surface area (Å²) in [5.74, 6) is -1.85. The largest absolute Gasteiger partial charge is 0.451 e. The molecular formula is C19H17F3N4O4S2. The van der Waals surface area contributed by atoms with Crippen molar-refractivity contribution < 1.29 is 30.0 Å². The molecule has 3 rings (SSSR count). The first-order valence-corrected chi connectivity index (χ1v) is 12.3. The summed E-state index contributed by atoms with van der Waals surface area (Å²) in [6.07, 6.45) is -3.87. The quantitative estimate of drug-likeness (QED) is 0.563. The van der Waals surface area contributed by atoms with E-state index in [2.05, 4.69) is 9.97 Å². The highest BCUT2D eigenvalue weighted by molar-refractivity contribution is 7.90. The molecule has 0 atom stereocenters. The van der Waals surface area contributed by atoms with E-state index >= 15 is 0 Å². The number of halogens is 3. The van der Waals surface area contributed by atoms with Crippen LogP contribution in [0.4, 0.5) is 19.0 Å². The van der Waals surface area contributed by atoms with Crippen molar-refractivity contribution in [2.24, 2.45) is 5.14 Å². The monoisotopic (exact) mass is 486 g/mol. The van der Waals surface area contributed by atoms with Gasteiger partial charge in [-0.15, -0.1) is 0 Å². The maximum atomic E-state index is 13.3. The third-order valence-electron chi connectivity index (χ3n) is 4.48. The molecule has 0 unspecified atom stereocenters. The van der Waals surface area contributed by atoms with Crippen LogP contribution in [0.1, 0.15) is 17.0 Å². The minimum absolute atomic E-state index is 0.0144. The van der Waals surface area contributed by atoms with E-state index < -0.39 is 37.7 Å². The summed E-state index contributed by atoms with van der Waals surface area (Å²) < 4.78 is 86.0. The minimum Gasteiger partial charge on any atom is -0.383 e. The molecule has 170 valence electrons. The Morgan fingerprint density at radius 1 is 0.875 bits per heavy atom. The average Bonchev–Trinajstić information content (AvgIpc) is 2.67. The predicted molar refractivity (Wildman–Crippen MR) is 111 cm³/mol. The zero-order valence-corrected chi connectivity index (χ0v) is 18.1. The van der Waals surface area contributed by atoms with Gasteiger partial charge in [-0.05, 0) is 29.8 Å². The molecular weight excluding hydrogens is 469 g/mol. The van der Waals surface area contributed by atoms with Crippen LogP contribution in [0.3, 0.4) is 0 Å². The third-order valence-corrected chi connectivity index (χ3v) is 6.54. The average molecular weight is 486 g/mol. The minimum atomic E-state index is -4.86. The molecule has 0 radical (unpaired) electrons. The number of benzene rings is 2. The van der Waals surface area contributed by atoms with Gasteiger partial charge in [-0.1, -0.05) is 24.3 Å². The second-order valence-electron chi connectivity index (χ2n) is 6.92. The van der Waals surface area contributed by atoms with E-state index in [9.17, 15) is 30.0 Å². The number of hydrogen-bond acceptors (Lipinski definition) is 7. The fourth-order valence-electron chi connectivity index (χ4n) is 2.90. The lowest BCUT2D eigenvalue weighted by molar-refractivity contribution is -0.144. The zero-order valence-electron chi connectivity index (χ0n) is 16.5. The Balaban J connectivity index is 2.13. The number of anilines is 1. The van der Waals surface area contributed by atoms with E-state index in [1.165, 1.54) is 48.5 Å². The van der Waals surface area contributed by atoms with Crippen molar-refractivity contribution in [1.82, 2.24) is 9.97 Å². The van der Waals surface area contributed by atoms with Gasteiger partial charge in [-0.3, -0.25) is 0 Å². The second-order valence-corrected chi connectivity index (χ2v) is 10.5. The number of hydrogen-bond donors (Lipinski definition) is 2. The summed E-state index contributed by atoms with van der Waals surface area (Å²) in [7, 11) is -7.43. The number of alkyl halides is 3. The number of sulfonamides is 1. The molecule has 0 aliphatic heterocycles. The summed E-state index contributed by atoms with van der Waals surface area (Å²) >= 11 is 0. The standard InChI is InChI=1S/C19H17F3N4O4S2/c1-31(27,28)13-8-4-12(5-9-13)16-15(17(23)26-18(25-16)19(20,21)22)10-11-2-6-14(7-3-11)32(24,29)30/h2-9H,10H2,1H3,(H2,23,25,26)(H2,24,29,30). The van der Waals surface area contributed by atoms with Gasteiger partial charge < -0.3 is 5.73 Å². The van der Waals surface area contributed by atoms with Crippen molar-refractivity contribution in [1.29, 1.82) is 0 Å². The van der Waals surface area contributed by atoms with Crippen molar-refractivity contribution in [3.63, 3.8) is 0 Å². The molecule has 0 fully saturated rings. The number of primary sulfonamides is 1. The number of sulfone groups is 1. The van der Waals surface area contributed by atoms with Gasteiger partial charge in [0, 0.05) is 23.8 Å². The Hall–Kier alpha value is -3.03. The smallest absolute Gasteiger partial charge is 0.383 e. The van der Waals surface area contributed by atoms with Crippen LogP contribution in [0, 0.1) is 0 Å². The molecule has 4 N–H and O–H groups in total. The Kier molecular flexibility index (Phi) is 6.02. The molecule has 0 saturated carbocycles. The first-order valence-electron chi connectivity index (χ1n) is 8.82. The van der Waals surface area contributed by atoms with E-state index in [1.54, 1.807) is 0 Å². The van der Waals surface area contributed by atoms with Gasteiger partial charge in [0.1, 0.15) is 5.82 Å². The van der Waals surface area contributed by atoms with Gasteiger partial charge in [0.05, 0.1) is 15.5 Å². The lowest BCUT2D eigenvalue weighted by atomic mass is 9.99. The summed E-state index contributed by atoms with van der Waals surface area (Å²) in [5, 5.41) is 5.07. The molecule has 0 saturated heterocycles. The van der Waals surface area contributed by atoms with Gasteiger partial charge in [0.25, 0.3) is 0 Å². The van der Waals surface area contributed by atoms with Crippen LogP contribution >= 0.6 is 0 Å². The SMILES string of the molecule is CS(=O)(=O)c1ccc(-c2nc(C(F)(F)F)nc(N)c2Cc2ccc(S(N)(=O)=O)cc2)cc1. The molecule has 0 aliphatic carbocycles. The van der Waals surface area contributed by atoms with E-state index in [0.29, 0.717) is 5.56 Å². The maximum absolute atomic E-state index is 13.3. The topological polar surface area (TPSA) is 146 Å². The highest BCUT2D eigenvalue weighted by Crippen LogP contribution is 2.33. The molecule has 0 spiro atoms. The molecule has 0 bridgehead atoms. The van der Waals surface area contributed by atoms with Crippen LogP contribution in [-0.2, 0) is 32.5 Å². The van der Waals surface area contributed by atoms with Crippen LogP contribution in [-0.4, -0.2) is 33.1 Å². The van der Waals surface area contributed by atoms with Crippen LogP contribution in [0.2, 0.25) is 0 Å². The zero-order chi connectivity index (χ0) is 23.9. The third kappa shape index (κ3) is 5.23. The highest BCUT2D eigenvalue weighted by Gasteiger charge is 2.36. The van der Waals surface area contributed by atoms with E-state index in [0.717, 1.165) is 6.26 Å². The molecule has 0 amide bonds. The van der Waals surface area contributed by atoms with Gasteiger partial charge in [0.2, 0.25) is 15.8 Å². The van der Waals surface area contributed by atoms with Crippen LogP contribution in [0.15, 0.2) is 58.3 Å². The lowest BCUT2D eigenvalue weighted by Crippen LogP contribution is -2.16. The number of nitrogens with zero attached hydrogens (tertiary/aromatic N) is 2. The Morgan fingerprint density at radius 3 is 1.88 bits per heavy atom. The number of nitrogen functional groups attached to an aromatic ring is 1. The first kappa shape index (κ1) is 23.6. The number of nitrogens with two attached hydrogens (primary N) is 2. The summed E-state index contributed by atoms with van der Waals surface area (Å²) in [4.78, 5) is 6.86. The summed E-state index contributed by atoms with van der Waals surface area (Å²) in [6, 6.07) is 10.5. The van der Waals surface area contributed by atoms with E-state index in [-0.39, 0.29) is 33.0 Å². The van der Waals surface area contributed by atoms with Crippen LogP contribution < -0.4 is 10.9 Å². The van der Waals surface area contributed by atoms with Gasteiger partial charge in [-0.2, -0.15) is 13.2 Å². The van der Waals surface area contributed by atoms with E-state index in [1.807, 2.05) is 0 Å². The highest BCUT2D eigenvalue weighted by atomic mass is 32.2. The van der Waals surface area contributed by atoms with Gasteiger partial charge in [-0.25, -0.2) is 31.9 Å². The van der Waals surface area contributed by atoms with Crippen molar-refractivity contribution >= 4 is 25.7 Å². The maximum Gasteiger partial charge on any atom is 0.451 e. The Bertz CT molecular complexity index is 1370. The molecule has 3 aromatic rings. The molecule has 32 heavy (non-hydrogen) atoms. The Labute approximate surface area is 182 Å². The lowest BCUT2D eigenvalue weighted by Gasteiger charge is -2.15. The molecule has 0 aliphatic rings. The van der Waals surface area contributed by atoms with Crippen molar-refractivity contribution in [3.8, 4) is 11.3 Å². The molecule has 1 aromatic heterocycles. The molecule has 2 aromatic carbocycles. The molecule has 8 nitrogen and oxygen atoms in total.